The third-order valence-corrected chi connectivity index (χ3v) is 11.3. The number of nitrogens with two attached hydrogens (primary N) is 1. The fraction of sp³-hybridized carbons (Fsp3) is 0.429. The van der Waals surface area contributed by atoms with E-state index in [4.69, 9.17) is 28.8 Å². The Bertz CT molecular complexity index is 2080. The first-order chi connectivity index (χ1) is 27.5. The van der Waals surface area contributed by atoms with Crippen LogP contribution in [0.2, 0.25) is 0 Å². The minimum absolute atomic E-state index is 0.0381. The third kappa shape index (κ3) is 9.51. The summed E-state index contributed by atoms with van der Waals surface area (Å²) in [5, 5.41) is 5.51. The van der Waals surface area contributed by atoms with Gasteiger partial charge >= 0.3 is 19.8 Å². The van der Waals surface area contributed by atoms with E-state index in [1.165, 1.54) is 18.5 Å². The Balaban J connectivity index is 1.31. The number of phosphoric ester groups is 1. The number of hydrogen-bond acceptors (Lipinski definition) is 12. The van der Waals surface area contributed by atoms with Crippen LogP contribution >= 0.6 is 7.82 Å². The summed E-state index contributed by atoms with van der Waals surface area (Å²) in [4.78, 5) is 37.1. The van der Waals surface area contributed by atoms with E-state index in [1.807, 2.05) is 60.7 Å². The van der Waals surface area contributed by atoms with Crippen LogP contribution in [0.3, 0.4) is 0 Å². The molecule has 4 N–H and O–H groups in total. The number of carbonyl (C=O) groups excluding carboxylic acids is 2. The summed E-state index contributed by atoms with van der Waals surface area (Å²) < 4.78 is 60.9. The molecule has 3 heterocycles. The zero-order chi connectivity index (χ0) is 41.9. The van der Waals surface area contributed by atoms with Crippen LogP contribution in [0.4, 0.5) is 20.6 Å². The highest BCUT2D eigenvalue weighted by atomic mass is 31.2. The lowest BCUT2D eigenvalue weighted by Crippen LogP contribution is -2.42. The quantitative estimate of drug-likeness (QED) is 0.0456. The Hall–Kier alpha value is -4.92. The molecule has 2 aliphatic rings. The van der Waals surface area contributed by atoms with E-state index in [9.17, 15) is 14.2 Å². The lowest BCUT2D eigenvalue weighted by molar-refractivity contribution is -0.157. The summed E-state index contributed by atoms with van der Waals surface area (Å²) in [6.07, 6.45) is 2.42. The average molecular weight is 819 g/mol. The number of halogens is 1. The summed E-state index contributed by atoms with van der Waals surface area (Å²) in [5.41, 5.74) is 5.54. The van der Waals surface area contributed by atoms with Crippen LogP contribution < -0.4 is 21.3 Å². The number of anilines is 2. The van der Waals surface area contributed by atoms with Crippen LogP contribution in [0.25, 0.3) is 11.1 Å². The number of nitrogens with one attached hydrogen (secondary N) is 2. The molecule has 3 atom stereocenters. The first-order valence-corrected chi connectivity index (χ1v) is 20.7. The molecule has 58 heavy (non-hydrogen) atoms. The molecule has 0 radical (unpaired) electrons. The van der Waals surface area contributed by atoms with Crippen molar-refractivity contribution in [3.05, 3.63) is 107 Å². The van der Waals surface area contributed by atoms with Crippen LogP contribution in [0.1, 0.15) is 89.9 Å². The number of nitrogens with zero attached hydrogens (tertiary/aromatic N) is 3. The molecule has 3 aromatic carbocycles. The number of hydrogen-bond donors (Lipinski definition) is 3. The van der Waals surface area contributed by atoms with Gasteiger partial charge in [-0.05, 0) is 78.5 Å². The van der Waals surface area contributed by atoms with Crippen LogP contribution in [-0.4, -0.2) is 52.4 Å². The van der Waals surface area contributed by atoms with Crippen molar-refractivity contribution in [3.63, 3.8) is 0 Å². The van der Waals surface area contributed by atoms with Crippen molar-refractivity contribution in [3.8, 4) is 11.1 Å². The van der Waals surface area contributed by atoms with E-state index >= 15 is 4.39 Å². The van der Waals surface area contributed by atoms with Gasteiger partial charge in [-0.15, -0.1) is 0 Å². The largest absolute Gasteiger partial charge is 0.476 e. The van der Waals surface area contributed by atoms with Crippen molar-refractivity contribution in [2.45, 2.75) is 104 Å². The van der Waals surface area contributed by atoms with E-state index in [1.54, 1.807) is 53.4 Å². The SMILES string of the molecule is CCNC(=O)NC1N(c2c(N)cc(-c3cnc(C(C)(C)OP(=O)(OCc4ccccc4)OCc4ccccc4)nc3)c(F)c2[C@H]2CCCO2)C1(C)C(=O)OC(C)(C)C. The monoisotopic (exact) mass is 818 g/mol. The predicted molar refractivity (Wildman–Crippen MR) is 217 cm³/mol. The molecule has 2 saturated heterocycles. The number of esters is 1. The second-order valence-electron chi connectivity index (χ2n) is 15.9. The summed E-state index contributed by atoms with van der Waals surface area (Å²) in [5.74, 6) is -1.13. The van der Waals surface area contributed by atoms with Gasteiger partial charge in [-0.3, -0.25) is 13.6 Å². The molecule has 0 spiro atoms. The highest BCUT2D eigenvalue weighted by molar-refractivity contribution is 7.48. The summed E-state index contributed by atoms with van der Waals surface area (Å²) in [7, 11) is -4.24. The van der Waals surface area contributed by atoms with Crippen molar-refractivity contribution in [2.24, 2.45) is 0 Å². The zero-order valence-corrected chi connectivity index (χ0v) is 34.8. The van der Waals surface area contributed by atoms with Crippen LogP contribution in [0, 0.1) is 5.82 Å². The molecule has 0 aliphatic carbocycles. The van der Waals surface area contributed by atoms with Gasteiger partial charge in [-0.25, -0.2) is 28.5 Å². The second kappa shape index (κ2) is 17.1. The maximum Gasteiger partial charge on any atom is 0.476 e. The molecule has 310 valence electrons. The van der Waals surface area contributed by atoms with Gasteiger partial charge in [0.05, 0.1) is 30.7 Å². The lowest BCUT2D eigenvalue weighted by Gasteiger charge is -2.28. The minimum Gasteiger partial charge on any atom is -0.458 e. The Labute approximate surface area is 338 Å². The van der Waals surface area contributed by atoms with Gasteiger partial charge in [0.1, 0.15) is 23.2 Å². The van der Waals surface area contributed by atoms with Gasteiger partial charge < -0.3 is 30.7 Å². The summed E-state index contributed by atoms with van der Waals surface area (Å²) in [6, 6.07) is 19.4. The molecule has 2 fully saturated rings. The molecule has 14 nitrogen and oxygen atoms in total. The number of urea groups is 1. The molecule has 2 unspecified atom stereocenters. The highest BCUT2D eigenvalue weighted by Crippen LogP contribution is 2.56. The summed E-state index contributed by atoms with van der Waals surface area (Å²) in [6.45, 7) is 12.6. The first-order valence-electron chi connectivity index (χ1n) is 19.3. The zero-order valence-electron chi connectivity index (χ0n) is 33.9. The van der Waals surface area contributed by atoms with Crippen molar-refractivity contribution < 1.29 is 41.6 Å². The number of amides is 2. The molecule has 0 bridgehead atoms. The average Bonchev–Trinajstić information content (AvgIpc) is 3.46. The fourth-order valence-electron chi connectivity index (χ4n) is 6.80. The first kappa shape index (κ1) is 42.7. The summed E-state index contributed by atoms with van der Waals surface area (Å²) >= 11 is 0. The molecule has 4 aromatic rings. The number of rotatable bonds is 15. The number of phosphoric acid groups is 1. The molecule has 2 amide bonds. The molecule has 2 aliphatic heterocycles. The Morgan fingerprint density at radius 2 is 1.59 bits per heavy atom. The number of aromatic nitrogens is 2. The van der Waals surface area contributed by atoms with E-state index in [0.29, 0.717) is 26.0 Å². The van der Waals surface area contributed by atoms with E-state index in [2.05, 4.69) is 20.6 Å². The third-order valence-electron chi connectivity index (χ3n) is 9.74. The van der Waals surface area contributed by atoms with Gasteiger partial charge in [-0.1, -0.05) is 60.7 Å². The number of benzene rings is 3. The van der Waals surface area contributed by atoms with Crippen LogP contribution in [-0.2, 0) is 51.2 Å². The van der Waals surface area contributed by atoms with E-state index < -0.39 is 54.7 Å². The predicted octanol–water partition coefficient (Wildman–Crippen LogP) is 8.08. The van der Waals surface area contributed by atoms with Gasteiger partial charge in [0.15, 0.2) is 11.4 Å². The van der Waals surface area contributed by atoms with E-state index in [0.717, 1.165) is 11.1 Å². The Morgan fingerprint density at radius 3 is 2.10 bits per heavy atom. The van der Waals surface area contributed by atoms with Crippen molar-refractivity contribution >= 4 is 31.2 Å². The van der Waals surface area contributed by atoms with Gasteiger partial charge in [0, 0.05) is 42.2 Å². The molecular weight excluding hydrogens is 766 g/mol. The van der Waals surface area contributed by atoms with Crippen LogP contribution in [0.5, 0.6) is 0 Å². The topological polar surface area (TPSA) is 176 Å². The molecular formula is C42H52FN6O8P. The Morgan fingerprint density at radius 1 is 1.00 bits per heavy atom. The minimum atomic E-state index is -4.24. The normalized spacial score (nSPS) is 19.5. The number of carbonyl (C=O) groups is 2. The smallest absolute Gasteiger partial charge is 0.458 e. The maximum absolute atomic E-state index is 17.2. The Kier molecular flexibility index (Phi) is 12.6. The second-order valence-corrected chi connectivity index (χ2v) is 17.5. The molecule has 16 heteroatoms. The fourth-order valence-corrected chi connectivity index (χ4v) is 8.23. The highest BCUT2D eigenvalue weighted by Gasteiger charge is 2.68. The molecule has 0 saturated carbocycles. The number of ether oxygens (including phenoxy) is 2. The molecule has 1 aromatic heterocycles. The van der Waals surface area contributed by atoms with Crippen molar-refractivity contribution in [2.75, 3.05) is 23.8 Å². The molecule has 6 rings (SSSR count). The van der Waals surface area contributed by atoms with Crippen LogP contribution in [0.15, 0.2) is 79.1 Å². The van der Waals surface area contributed by atoms with Crippen molar-refractivity contribution in [1.29, 1.82) is 0 Å². The van der Waals surface area contributed by atoms with Gasteiger partial charge in [0.25, 0.3) is 0 Å². The van der Waals surface area contributed by atoms with Gasteiger partial charge in [-0.2, -0.15) is 0 Å². The van der Waals surface area contributed by atoms with Gasteiger partial charge in [0.2, 0.25) is 0 Å². The standard InChI is InChI=1S/C42H52FN6O8P/c1-8-45-39(51)48-37-42(7,38(50)56-40(2,3)4)49(37)35-31(44)22-30(34(43)33(35)32-20-15-21-53-32)29-23-46-36(47-24-29)41(5,6)57-58(52,54-25-27-16-11-9-12-17-27)55-26-28-18-13-10-14-19-28/h9-14,16-19,22-24,32,37H,8,15,20-21,25-26,44H2,1-7H3,(H2,45,48,51)/t32-,37?,42?,49?/m1/s1. The maximum atomic E-state index is 17.2. The van der Waals surface area contributed by atoms with Crippen molar-refractivity contribution in [1.82, 2.24) is 20.6 Å². The lowest BCUT2D eigenvalue weighted by atomic mass is 9.96. The number of nitrogen functional groups attached to an aromatic ring is 1. The van der Waals surface area contributed by atoms with E-state index in [-0.39, 0.29) is 47.1 Å².